The van der Waals surface area contributed by atoms with E-state index < -0.39 is 12.1 Å². The third-order valence-corrected chi connectivity index (χ3v) is 0.997. The van der Waals surface area contributed by atoms with Crippen molar-refractivity contribution in [3.8, 4) is 0 Å². The summed E-state index contributed by atoms with van der Waals surface area (Å²) in [6.45, 7) is 1.29. The molecule has 0 spiro atoms. The van der Waals surface area contributed by atoms with E-state index in [0.29, 0.717) is 0 Å². The molecule has 5 nitrogen and oxygen atoms in total. The number of carboxylic acids is 1. The van der Waals surface area contributed by atoms with E-state index in [1.807, 2.05) is 0 Å². The molecule has 0 aliphatic rings. The third kappa shape index (κ3) is 6.79. The van der Waals surface area contributed by atoms with Crippen molar-refractivity contribution in [3.63, 3.8) is 0 Å². The fraction of sp³-hybridized carbons (Fsp3) is 0.667. The van der Waals surface area contributed by atoms with Crippen LogP contribution in [0.5, 0.6) is 0 Å². The summed E-state index contributed by atoms with van der Waals surface area (Å²) in [4.78, 5) is 20.2. The topological polar surface area (TPSA) is 86.6 Å². The highest BCUT2D eigenvalue weighted by Gasteiger charge is 2.08. The summed E-state index contributed by atoms with van der Waals surface area (Å²) < 4.78 is 0. The van der Waals surface area contributed by atoms with Gasteiger partial charge in [0.25, 0.3) is 0 Å². The van der Waals surface area contributed by atoms with Gasteiger partial charge in [0.05, 0.1) is 12.5 Å². The number of hydrogen-bond donors (Lipinski definition) is 3. The van der Waals surface area contributed by atoms with E-state index in [1.54, 1.807) is 0 Å². The van der Waals surface area contributed by atoms with Crippen molar-refractivity contribution in [1.29, 1.82) is 0 Å². The quantitative estimate of drug-likeness (QED) is 0.491. The second-order valence-electron chi connectivity index (χ2n) is 2.19. The SMILES string of the molecule is CC(=O)NC[C@H](O)CC(=O)O. The number of aliphatic hydroxyl groups is 1. The van der Waals surface area contributed by atoms with Crippen LogP contribution in [0.1, 0.15) is 13.3 Å². The number of amides is 1. The highest BCUT2D eigenvalue weighted by molar-refractivity contribution is 5.73. The molecule has 0 saturated carbocycles. The second kappa shape index (κ2) is 4.68. The normalized spacial score (nSPS) is 12.2. The lowest BCUT2D eigenvalue weighted by molar-refractivity contribution is -0.139. The second-order valence-corrected chi connectivity index (χ2v) is 2.19. The zero-order chi connectivity index (χ0) is 8.85. The van der Waals surface area contributed by atoms with Crippen LogP contribution in [-0.4, -0.2) is 34.7 Å². The van der Waals surface area contributed by atoms with Gasteiger partial charge < -0.3 is 15.5 Å². The van der Waals surface area contributed by atoms with Crippen molar-refractivity contribution in [2.75, 3.05) is 6.54 Å². The first-order valence-corrected chi connectivity index (χ1v) is 3.16. The molecule has 0 bridgehead atoms. The molecule has 0 radical (unpaired) electrons. The summed E-state index contributed by atoms with van der Waals surface area (Å²) in [7, 11) is 0. The van der Waals surface area contributed by atoms with E-state index in [0.717, 1.165) is 0 Å². The van der Waals surface area contributed by atoms with Gasteiger partial charge in [-0.05, 0) is 0 Å². The molecule has 5 heteroatoms. The van der Waals surface area contributed by atoms with Gasteiger partial charge in [-0.15, -0.1) is 0 Å². The lowest BCUT2D eigenvalue weighted by atomic mass is 10.2. The minimum Gasteiger partial charge on any atom is -0.481 e. The van der Waals surface area contributed by atoms with Crippen LogP contribution in [0.2, 0.25) is 0 Å². The lowest BCUT2D eigenvalue weighted by Crippen LogP contribution is -2.31. The molecule has 0 aromatic rings. The van der Waals surface area contributed by atoms with Crippen LogP contribution in [0.25, 0.3) is 0 Å². The van der Waals surface area contributed by atoms with Gasteiger partial charge in [-0.1, -0.05) is 0 Å². The number of carbonyl (C=O) groups is 2. The van der Waals surface area contributed by atoms with Gasteiger partial charge >= 0.3 is 5.97 Å². The van der Waals surface area contributed by atoms with E-state index >= 15 is 0 Å². The molecule has 1 atom stereocenters. The average Bonchev–Trinajstić information content (AvgIpc) is 1.82. The number of aliphatic carboxylic acids is 1. The summed E-state index contributed by atoms with van der Waals surface area (Å²) in [5.41, 5.74) is 0. The number of carbonyl (C=O) groups excluding carboxylic acids is 1. The van der Waals surface area contributed by atoms with Gasteiger partial charge in [-0.2, -0.15) is 0 Å². The van der Waals surface area contributed by atoms with Crippen molar-refractivity contribution in [2.24, 2.45) is 0 Å². The maximum Gasteiger partial charge on any atom is 0.306 e. The third-order valence-electron chi connectivity index (χ3n) is 0.997. The summed E-state index contributed by atoms with van der Waals surface area (Å²) in [5, 5.41) is 19.3. The summed E-state index contributed by atoms with van der Waals surface area (Å²) in [6, 6.07) is 0. The molecule has 0 aliphatic carbocycles. The minimum absolute atomic E-state index is 0.0123. The first-order valence-electron chi connectivity index (χ1n) is 3.16. The number of nitrogens with one attached hydrogen (secondary N) is 1. The number of aliphatic hydroxyl groups excluding tert-OH is 1. The smallest absolute Gasteiger partial charge is 0.306 e. The number of hydrogen-bond acceptors (Lipinski definition) is 3. The van der Waals surface area contributed by atoms with E-state index in [4.69, 9.17) is 10.2 Å². The maximum absolute atomic E-state index is 10.3. The van der Waals surface area contributed by atoms with Gasteiger partial charge in [0.2, 0.25) is 5.91 Å². The number of carboxylic acid groups (broad SMARTS) is 1. The molecular formula is C6H11NO4. The van der Waals surface area contributed by atoms with E-state index in [9.17, 15) is 9.59 Å². The fourth-order valence-electron chi connectivity index (χ4n) is 0.535. The van der Waals surface area contributed by atoms with Gasteiger partial charge in [0.1, 0.15) is 0 Å². The van der Waals surface area contributed by atoms with Crippen molar-refractivity contribution >= 4 is 11.9 Å². The van der Waals surface area contributed by atoms with E-state index in [-0.39, 0.29) is 18.9 Å². The number of rotatable bonds is 4. The largest absolute Gasteiger partial charge is 0.481 e. The summed E-state index contributed by atoms with van der Waals surface area (Å²) >= 11 is 0. The Bertz CT molecular complexity index is 157. The van der Waals surface area contributed by atoms with Crippen molar-refractivity contribution in [2.45, 2.75) is 19.4 Å². The predicted molar refractivity (Wildman–Crippen MR) is 36.9 cm³/mol. The highest BCUT2D eigenvalue weighted by Crippen LogP contribution is 1.88. The highest BCUT2D eigenvalue weighted by atomic mass is 16.4. The Kier molecular flexibility index (Phi) is 4.21. The Hall–Kier alpha value is -1.10. The molecule has 0 saturated heterocycles. The standard InChI is InChI=1S/C6H11NO4/c1-4(8)7-3-5(9)2-6(10)11/h5,9H,2-3H2,1H3,(H,7,8)(H,10,11)/t5-/m1/s1. The molecule has 0 rings (SSSR count). The molecule has 0 fully saturated rings. The van der Waals surface area contributed by atoms with Crippen LogP contribution in [0.15, 0.2) is 0 Å². The molecule has 0 aromatic carbocycles. The molecule has 0 aromatic heterocycles. The summed E-state index contributed by atoms with van der Waals surface area (Å²) in [6.07, 6.45) is -1.35. The molecule has 0 heterocycles. The van der Waals surface area contributed by atoms with Gasteiger partial charge in [-0.3, -0.25) is 9.59 Å². The summed E-state index contributed by atoms with van der Waals surface area (Å²) in [5.74, 6) is -1.36. The van der Waals surface area contributed by atoms with Gasteiger partial charge in [-0.25, -0.2) is 0 Å². The zero-order valence-electron chi connectivity index (χ0n) is 6.20. The minimum atomic E-state index is -1.08. The molecule has 11 heavy (non-hydrogen) atoms. The maximum atomic E-state index is 10.3. The molecular weight excluding hydrogens is 150 g/mol. The van der Waals surface area contributed by atoms with Gasteiger partial charge in [0.15, 0.2) is 0 Å². The molecule has 1 amide bonds. The van der Waals surface area contributed by atoms with Crippen LogP contribution >= 0.6 is 0 Å². The predicted octanol–water partition coefficient (Wildman–Crippen LogP) is -1.04. The van der Waals surface area contributed by atoms with Crippen molar-refractivity contribution in [1.82, 2.24) is 5.32 Å². The molecule has 0 unspecified atom stereocenters. The van der Waals surface area contributed by atoms with Crippen LogP contribution < -0.4 is 5.32 Å². The van der Waals surface area contributed by atoms with E-state index in [2.05, 4.69) is 5.32 Å². The Labute approximate surface area is 64.0 Å². The van der Waals surface area contributed by atoms with Crippen LogP contribution in [0, 0.1) is 0 Å². The van der Waals surface area contributed by atoms with E-state index in [1.165, 1.54) is 6.92 Å². The Morgan fingerprint density at radius 2 is 2.09 bits per heavy atom. The first kappa shape index (κ1) is 9.90. The van der Waals surface area contributed by atoms with Crippen LogP contribution in [0.4, 0.5) is 0 Å². The van der Waals surface area contributed by atoms with Crippen LogP contribution in [0.3, 0.4) is 0 Å². The lowest BCUT2D eigenvalue weighted by Gasteiger charge is -2.06. The van der Waals surface area contributed by atoms with Crippen molar-refractivity contribution < 1.29 is 19.8 Å². The fourth-order valence-corrected chi connectivity index (χ4v) is 0.535. The Morgan fingerprint density at radius 3 is 2.45 bits per heavy atom. The monoisotopic (exact) mass is 161 g/mol. The zero-order valence-corrected chi connectivity index (χ0v) is 6.20. The molecule has 3 N–H and O–H groups in total. The van der Waals surface area contributed by atoms with Crippen molar-refractivity contribution in [3.05, 3.63) is 0 Å². The average molecular weight is 161 g/mol. The Morgan fingerprint density at radius 1 is 1.55 bits per heavy atom. The Balaban J connectivity index is 3.44. The van der Waals surface area contributed by atoms with Gasteiger partial charge in [0, 0.05) is 13.5 Å². The van der Waals surface area contributed by atoms with Crippen LogP contribution in [-0.2, 0) is 9.59 Å². The first-order chi connectivity index (χ1) is 5.02. The molecule has 0 aliphatic heterocycles. The molecule has 64 valence electrons.